The summed E-state index contributed by atoms with van der Waals surface area (Å²) in [5.41, 5.74) is 2.91. The van der Waals surface area contributed by atoms with E-state index in [1.165, 1.54) is 30.4 Å². The Kier molecular flexibility index (Phi) is 6.52. The zero-order valence-electron chi connectivity index (χ0n) is 14.8. The first kappa shape index (κ1) is 17.3. The predicted octanol–water partition coefficient (Wildman–Crippen LogP) is 4.56. The molecule has 1 fully saturated rings. The van der Waals surface area contributed by atoms with Gasteiger partial charge in [0.25, 0.3) is 0 Å². The fourth-order valence-corrected chi connectivity index (χ4v) is 3.65. The molecule has 2 heterocycles. The van der Waals surface area contributed by atoms with E-state index in [0.29, 0.717) is 12.1 Å². The molecule has 0 spiro atoms. The minimum absolute atomic E-state index is 0.412. The molecule has 128 valence electrons. The standard InChI is InChI=1S/C22H29NO/c1-2-3-4-5-6-8-13-20-14-21-17-24-18-22(15-20)23(21)16-19-11-9-7-10-12-19/h7,9-12,14,21-22H,2-5,13,15-18H2,1H3. The van der Waals surface area contributed by atoms with Gasteiger partial charge >= 0.3 is 0 Å². The lowest BCUT2D eigenvalue weighted by molar-refractivity contribution is -0.0439. The van der Waals surface area contributed by atoms with E-state index in [-0.39, 0.29) is 0 Å². The maximum atomic E-state index is 5.80. The van der Waals surface area contributed by atoms with Gasteiger partial charge in [-0.05, 0) is 18.4 Å². The van der Waals surface area contributed by atoms with Crippen LogP contribution < -0.4 is 0 Å². The van der Waals surface area contributed by atoms with E-state index < -0.39 is 0 Å². The van der Waals surface area contributed by atoms with Crippen LogP contribution >= 0.6 is 0 Å². The van der Waals surface area contributed by atoms with Crippen molar-refractivity contribution in [3.8, 4) is 11.8 Å². The van der Waals surface area contributed by atoms with E-state index in [2.05, 4.69) is 60.1 Å². The molecule has 0 aromatic heterocycles. The van der Waals surface area contributed by atoms with Gasteiger partial charge in [0.05, 0.1) is 19.3 Å². The number of ether oxygens (including phenoxy) is 1. The number of benzene rings is 1. The summed E-state index contributed by atoms with van der Waals surface area (Å²) in [5, 5.41) is 0. The molecule has 0 aliphatic carbocycles. The van der Waals surface area contributed by atoms with Crippen molar-refractivity contribution >= 4 is 0 Å². The average Bonchev–Trinajstić information content (AvgIpc) is 2.59. The maximum absolute atomic E-state index is 5.80. The zero-order chi connectivity index (χ0) is 16.6. The second-order valence-corrected chi connectivity index (χ2v) is 6.93. The van der Waals surface area contributed by atoms with Crippen molar-refractivity contribution in [2.24, 2.45) is 0 Å². The Bertz CT molecular complexity index is 595. The Hall–Kier alpha value is -1.56. The number of hydrogen-bond donors (Lipinski definition) is 0. The molecule has 2 heteroatoms. The topological polar surface area (TPSA) is 12.5 Å². The molecule has 0 N–H and O–H groups in total. The minimum Gasteiger partial charge on any atom is -0.378 e. The number of unbranched alkanes of at least 4 members (excludes halogenated alkanes) is 3. The van der Waals surface area contributed by atoms with E-state index in [1.54, 1.807) is 0 Å². The Morgan fingerprint density at radius 3 is 2.79 bits per heavy atom. The van der Waals surface area contributed by atoms with E-state index >= 15 is 0 Å². The quantitative estimate of drug-likeness (QED) is 0.432. The summed E-state index contributed by atoms with van der Waals surface area (Å²) >= 11 is 0. The Morgan fingerprint density at radius 2 is 2.00 bits per heavy atom. The van der Waals surface area contributed by atoms with Crippen molar-refractivity contribution < 1.29 is 4.74 Å². The molecule has 2 unspecified atom stereocenters. The number of hydrogen-bond acceptors (Lipinski definition) is 2. The summed E-state index contributed by atoms with van der Waals surface area (Å²) < 4.78 is 5.80. The van der Waals surface area contributed by atoms with Crippen molar-refractivity contribution in [3.63, 3.8) is 0 Å². The SMILES string of the molecule is CCCCCC#CCC1=CC2COCC(C1)N2Cc1ccccc1. The summed E-state index contributed by atoms with van der Waals surface area (Å²) in [4.78, 5) is 2.61. The van der Waals surface area contributed by atoms with Gasteiger partial charge in [-0.15, -0.1) is 5.92 Å². The van der Waals surface area contributed by atoms with E-state index in [4.69, 9.17) is 4.74 Å². The molecule has 24 heavy (non-hydrogen) atoms. The van der Waals surface area contributed by atoms with Crippen LogP contribution in [0.25, 0.3) is 0 Å². The van der Waals surface area contributed by atoms with Gasteiger partial charge in [0.15, 0.2) is 0 Å². The lowest BCUT2D eigenvalue weighted by Crippen LogP contribution is -2.53. The Balaban J connectivity index is 1.58. The van der Waals surface area contributed by atoms with Gasteiger partial charge in [-0.3, -0.25) is 4.90 Å². The van der Waals surface area contributed by atoms with Gasteiger partial charge in [0, 0.05) is 25.4 Å². The van der Waals surface area contributed by atoms with Crippen LogP contribution in [-0.2, 0) is 11.3 Å². The number of morpholine rings is 1. The Morgan fingerprint density at radius 1 is 1.12 bits per heavy atom. The van der Waals surface area contributed by atoms with Crippen LogP contribution in [0.5, 0.6) is 0 Å². The first-order valence-electron chi connectivity index (χ1n) is 9.39. The lowest BCUT2D eigenvalue weighted by atomic mass is 9.92. The van der Waals surface area contributed by atoms with Crippen LogP contribution in [0.3, 0.4) is 0 Å². The number of rotatable bonds is 6. The normalized spacial score (nSPS) is 23.3. The third-order valence-corrected chi connectivity index (χ3v) is 4.97. The summed E-state index contributed by atoms with van der Waals surface area (Å²) in [6.45, 7) is 4.93. The molecule has 2 aliphatic heterocycles. The van der Waals surface area contributed by atoms with Crippen molar-refractivity contribution in [2.75, 3.05) is 13.2 Å². The van der Waals surface area contributed by atoms with Gasteiger partial charge < -0.3 is 4.74 Å². The molecule has 2 bridgehead atoms. The van der Waals surface area contributed by atoms with E-state index in [1.807, 2.05) is 0 Å². The van der Waals surface area contributed by atoms with Crippen molar-refractivity contribution in [1.29, 1.82) is 0 Å². The molecule has 2 aliphatic rings. The second kappa shape index (κ2) is 9.06. The molecule has 0 amide bonds. The highest BCUT2D eigenvalue weighted by Gasteiger charge is 2.34. The van der Waals surface area contributed by atoms with Gasteiger partial charge in [0.2, 0.25) is 0 Å². The monoisotopic (exact) mass is 323 g/mol. The van der Waals surface area contributed by atoms with Gasteiger partial charge in [-0.25, -0.2) is 0 Å². The predicted molar refractivity (Wildman–Crippen MR) is 99.6 cm³/mol. The van der Waals surface area contributed by atoms with Gasteiger partial charge in [-0.1, -0.05) is 67.7 Å². The summed E-state index contributed by atoms with van der Waals surface area (Å²) in [6.07, 6.45) is 9.33. The molecule has 0 saturated carbocycles. The van der Waals surface area contributed by atoms with Gasteiger partial charge in [-0.2, -0.15) is 0 Å². The third-order valence-electron chi connectivity index (χ3n) is 4.97. The fraction of sp³-hybridized carbons (Fsp3) is 0.545. The van der Waals surface area contributed by atoms with Crippen molar-refractivity contribution in [3.05, 3.63) is 47.5 Å². The minimum atomic E-state index is 0.412. The van der Waals surface area contributed by atoms with Crippen molar-refractivity contribution in [2.45, 2.75) is 64.1 Å². The van der Waals surface area contributed by atoms with Crippen molar-refractivity contribution in [1.82, 2.24) is 4.90 Å². The van der Waals surface area contributed by atoms with Crippen LogP contribution in [0, 0.1) is 11.8 Å². The third kappa shape index (κ3) is 4.72. The van der Waals surface area contributed by atoms with Crippen LogP contribution in [0.2, 0.25) is 0 Å². The molecule has 3 rings (SSSR count). The molecular formula is C22H29NO. The smallest absolute Gasteiger partial charge is 0.0658 e. The highest BCUT2D eigenvalue weighted by Crippen LogP contribution is 2.29. The first-order valence-corrected chi connectivity index (χ1v) is 9.39. The number of nitrogens with zero attached hydrogens (tertiary/aromatic N) is 1. The molecule has 1 aromatic rings. The molecule has 2 nitrogen and oxygen atoms in total. The van der Waals surface area contributed by atoms with Crippen LogP contribution in [0.15, 0.2) is 42.0 Å². The first-order chi connectivity index (χ1) is 11.9. The lowest BCUT2D eigenvalue weighted by Gasteiger charge is -2.44. The molecule has 1 aromatic carbocycles. The average molecular weight is 323 g/mol. The van der Waals surface area contributed by atoms with E-state index in [0.717, 1.165) is 39.0 Å². The van der Waals surface area contributed by atoms with Crippen LogP contribution in [0.1, 0.15) is 51.0 Å². The second-order valence-electron chi connectivity index (χ2n) is 6.93. The largest absolute Gasteiger partial charge is 0.378 e. The van der Waals surface area contributed by atoms with Crippen LogP contribution in [0.4, 0.5) is 0 Å². The summed E-state index contributed by atoms with van der Waals surface area (Å²) in [7, 11) is 0. The molecule has 0 radical (unpaired) electrons. The van der Waals surface area contributed by atoms with E-state index in [9.17, 15) is 0 Å². The zero-order valence-corrected chi connectivity index (χ0v) is 14.8. The molecular weight excluding hydrogens is 294 g/mol. The highest BCUT2D eigenvalue weighted by molar-refractivity contribution is 5.23. The van der Waals surface area contributed by atoms with Crippen LogP contribution in [-0.4, -0.2) is 30.2 Å². The fourth-order valence-electron chi connectivity index (χ4n) is 3.65. The number of fused-ring (bicyclic) bond motifs is 2. The maximum Gasteiger partial charge on any atom is 0.0658 e. The molecule has 1 saturated heterocycles. The Labute approximate surface area is 146 Å². The summed E-state index contributed by atoms with van der Waals surface area (Å²) in [6, 6.07) is 11.7. The van der Waals surface area contributed by atoms with Gasteiger partial charge in [0.1, 0.15) is 0 Å². The highest BCUT2D eigenvalue weighted by atomic mass is 16.5. The summed E-state index contributed by atoms with van der Waals surface area (Å²) in [5.74, 6) is 6.74. The molecule has 2 atom stereocenters.